The lowest BCUT2D eigenvalue weighted by Gasteiger charge is -2.49. The van der Waals surface area contributed by atoms with E-state index >= 15 is 4.79 Å². The van der Waals surface area contributed by atoms with Gasteiger partial charge >= 0.3 is 11.7 Å². The number of nitrogens with two attached hydrogens (primary N) is 1. The van der Waals surface area contributed by atoms with Crippen LogP contribution in [0.25, 0.3) is 0 Å². The number of ether oxygens (including phenoxy) is 5. The van der Waals surface area contributed by atoms with E-state index in [1.165, 1.54) is 13.3 Å². The van der Waals surface area contributed by atoms with E-state index in [0.717, 1.165) is 16.2 Å². The van der Waals surface area contributed by atoms with Gasteiger partial charge in [-0.3, -0.25) is 33.5 Å². The fraction of sp³-hybridized carbons (Fsp3) is 0.674. The summed E-state index contributed by atoms with van der Waals surface area (Å²) >= 11 is 0. The predicted molar refractivity (Wildman–Crippen MR) is 234 cm³/mol. The minimum atomic E-state index is -2.82. The third-order valence-corrected chi connectivity index (χ3v) is 22.7. The van der Waals surface area contributed by atoms with Crippen LogP contribution in [0.4, 0.5) is 0 Å². The molecule has 5 N–H and O–H groups in total. The molecule has 1 aromatic heterocycles. The summed E-state index contributed by atoms with van der Waals surface area (Å²) < 4.78 is 47.3. The van der Waals surface area contributed by atoms with Gasteiger partial charge in [0.1, 0.15) is 36.4 Å². The highest BCUT2D eigenvalue weighted by Gasteiger charge is 2.71. The van der Waals surface area contributed by atoms with Crippen LogP contribution in [0.2, 0.25) is 36.3 Å². The summed E-state index contributed by atoms with van der Waals surface area (Å²) in [7, 11) is -4.13. The number of nitrogens with zero attached hydrogens (tertiary/aromatic N) is 1. The van der Waals surface area contributed by atoms with Gasteiger partial charge in [-0.1, -0.05) is 71.4 Å². The summed E-state index contributed by atoms with van der Waals surface area (Å²) in [5, 5.41) is 5.02. The van der Waals surface area contributed by atoms with Gasteiger partial charge in [-0.2, -0.15) is 0 Å². The highest BCUT2D eigenvalue weighted by molar-refractivity contribution is 6.74. The number of rotatable bonds is 13. The molecule has 2 bridgehead atoms. The molecule has 4 aliphatic heterocycles. The average Bonchev–Trinajstić information content (AvgIpc) is 3.54. The van der Waals surface area contributed by atoms with Gasteiger partial charge in [-0.25, -0.2) is 4.79 Å². The maximum absolute atomic E-state index is 15.3. The maximum atomic E-state index is 15.3. The molecule has 0 radical (unpaired) electrons. The molecule has 2 aromatic rings. The van der Waals surface area contributed by atoms with Crippen molar-refractivity contribution in [1.29, 1.82) is 0 Å². The van der Waals surface area contributed by atoms with Crippen molar-refractivity contribution in [2.45, 2.75) is 165 Å². The number of hydrogen-bond donors (Lipinski definition) is 4. The van der Waals surface area contributed by atoms with Gasteiger partial charge in [-0.05, 0) is 68.0 Å². The Morgan fingerprint density at radius 1 is 0.921 bits per heavy atom. The van der Waals surface area contributed by atoms with Gasteiger partial charge in [0.25, 0.3) is 11.5 Å². The second-order valence-corrected chi connectivity index (χ2v) is 29.6. The Labute approximate surface area is 369 Å². The molecule has 0 spiro atoms. The monoisotopic (exact) mass is 915 g/mol. The largest absolute Gasteiger partial charge is 0.454 e. The molecular weight excluding hydrogens is 851 g/mol. The van der Waals surface area contributed by atoms with Crippen LogP contribution < -0.4 is 27.6 Å². The molecule has 6 rings (SSSR count). The summed E-state index contributed by atoms with van der Waals surface area (Å²) in [6.07, 6.45) is -7.84. The lowest BCUT2D eigenvalue weighted by molar-refractivity contribution is -0.301. The molecule has 20 heteroatoms. The van der Waals surface area contributed by atoms with E-state index < -0.39 is 112 Å². The number of carbonyl (C=O) groups excluding carboxylic acids is 4. The van der Waals surface area contributed by atoms with E-state index in [1.54, 1.807) is 24.3 Å². The fourth-order valence-corrected chi connectivity index (χ4v) is 10.7. The fourth-order valence-electron chi connectivity index (χ4n) is 8.13. The van der Waals surface area contributed by atoms with Crippen molar-refractivity contribution in [3.63, 3.8) is 0 Å². The first-order valence-corrected chi connectivity index (χ1v) is 27.4. The first-order valence-electron chi connectivity index (χ1n) is 21.6. The molecule has 4 aliphatic rings. The van der Waals surface area contributed by atoms with E-state index in [9.17, 15) is 24.0 Å². The number of nitrogens with one attached hydrogen (secondary N) is 3. The highest BCUT2D eigenvalue weighted by Crippen LogP contribution is 2.53. The number of methoxy groups -OCH3 is 1. The Hall–Kier alpha value is -4.03. The molecule has 0 saturated carbocycles. The lowest BCUT2D eigenvalue weighted by Crippen LogP contribution is -2.67. The topological polar surface area (TPSA) is 238 Å². The number of benzene rings is 1. The number of fused-ring (bicyclic) bond motifs is 2. The molecular formula is C43H65N5O13Si2. The van der Waals surface area contributed by atoms with Crippen molar-refractivity contribution in [3.8, 4) is 0 Å². The number of primary amides is 1. The zero-order valence-corrected chi connectivity index (χ0v) is 40.4. The van der Waals surface area contributed by atoms with E-state index in [-0.39, 0.29) is 21.5 Å². The maximum Gasteiger partial charge on any atom is 0.330 e. The molecule has 3 amide bonds. The normalized spacial score (nSPS) is 30.9. The number of aryl methyl sites for hydroxylation is 1. The van der Waals surface area contributed by atoms with Crippen LogP contribution in [0.15, 0.2) is 46.1 Å². The van der Waals surface area contributed by atoms with Crippen LogP contribution in [-0.2, 0) is 57.3 Å². The highest BCUT2D eigenvalue weighted by atomic mass is 28.4. The molecule has 63 heavy (non-hydrogen) atoms. The minimum absolute atomic E-state index is 0.252. The Balaban J connectivity index is 1.50. The molecule has 1 aromatic carbocycles. The Morgan fingerprint density at radius 2 is 1.54 bits per heavy atom. The van der Waals surface area contributed by atoms with E-state index in [4.69, 9.17) is 38.3 Å². The van der Waals surface area contributed by atoms with Crippen LogP contribution >= 0.6 is 0 Å². The third-order valence-electron chi connectivity index (χ3n) is 13.8. The van der Waals surface area contributed by atoms with Crippen molar-refractivity contribution < 1.29 is 51.7 Å². The van der Waals surface area contributed by atoms with Crippen LogP contribution in [0.1, 0.15) is 78.2 Å². The lowest BCUT2D eigenvalue weighted by atomic mass is 9.74. The number of carbonyl (C=O) groups is 4. The van der Waals surface area contributed by atoms with Gasteiger partial charge in [0.05, 0.1) is 0 Å². The van der Waals surface area contributed by atoms with Crippen molar-refractivity contribution in [1.82, 2.24) is 20.2 Å². The van der Waals surface area contributed by atoms with Crippen LogP contribution in [-0.4, -0.2) is 112 Å². The number of hydrogen-bond acceptors (Lipinski definition) is 13. The van der Waals surface area contributed by atoms with Crippen molar-refractivity contribution in [2.75, 3.05) is 13.7 Å². The van der Waals surface area contributed by atoms with Crippen LogP contribution in [0, 0.1) is 12.8 Å². The smallest absolute Gasteiger partial charge is 0.330 e. The van der Waals surface area contributed by atoms with Crippen LogP contribution in [0.3, 0.4) is 0 Å². The molecule has 11 atom stereocenters. The molecule has 1 unspecified atom stereocenters. The summed E-state index contributed by atoms with van der Waals surface area (Å²) in [6.45, 7) is 22.5. The predicted octanol–water partition coefficient (Wildman–Crippen LogP) is 2.99. The Morgan fingerprint density at radius 3 is 2.11 bits per heavy atom. The number of aromatic amines is 1. The van der Waals surface area contributed by atoms with Gasteiger partial charge in [0.2, 0.25) is 11.8 Å². The second kappa shape index (κ2) is 17.7. The summed E-state index contributed by atoms with van der Waals surface area (Å²) in [4.78, 5) is 84.7. The molecule has 4 saturated heterocycles. The van der Waals surface area contributed by atoms with Crippen molar-refractivity contribution in [2.24, 2.45) is 11.7 Å². The van der Waals surface area contributed by atoms with E-state index in [1.807, 2.05) is 74.7 Å². The van der Waals surface area contributed by atoms with Gasteiger partial charge in [0, 0.05) is 25.9 Å². The first kappa shape index (κ1) is 48.4. The van der Waals surface area contributed by atoms with E-state index in [2.05, 4.69) is 15.6 Å². The van der Waals surface area contributed by atoms with Crippen molar-refractivity contribution in [3.05, 3.63) is 68.5 Å². The molecule has 18 nitrogen and oxygen atoms in total. The number of aromatic nitrogens is 2. The van der Waals surface area contributed by atoms with Crippen molar-refractivity contribution >= 4 is 40.3 Å². The van der Waals surface area contributed by atoms with E-state index in [0.29, 0.717) is 25.8 Å². The van der Waals surface area contributed by atoms with Gasteiger partial charge in [-0.15, -0.1) is 0 Å². The Kier molecular flexibility index (Phi) is 13.6. The molecule has 4 fully saturated rings. The zero-order chi connectivity index (χ0) is 46.6. The number of amides is 3. The number of H-pyrrole nitrogens is 1. The molecule has 348 valence electrons. The molecule has 5 heterocycles. The quantitative estimate of drug-likeness (QED) is 0.167. The van der Waals surface area contributed by atoms with Crippen LogP contribution in [0.5, 0.6) is 0 Å². The summed E-state index contributed by atoms with van der Waals surface area (Å²) in [5.41, 5.74) is 3.63. The third kappa shape index (κ3) is 9.27. The minimum Gasteiger partial charge on any atom is -0.454 e. The first-order chi connectivity index (χ1) is 29.2. The zero-order valence-electron chi connectivity index (χ0n) is 38.4. The standard InChI is InChI=1S/C43H65N5O13Si2/c1-23-16-18-24(19-17-23)43(39(53)46-25-15-13-14-21-45-35(25)51)27-28(60-62(9,10)41(2,3)4)33(57-37(27)52)38(59-43)58-31(34(44)50)30-29(55-8)32(61-63(11,12)42(5,6)7)36(56-30)48-22-20-26(49)47-40(48)54/h16-20,22,25,27-33,36,38H,13-15,21H2,1-12H3,(H2,44,50)(H,45,51)(H,46,53)(H,47,49,54)/t25-,27-,28?,29+,30-,31-,32+,33-,36+,38-,43+/m0/s1. The summed E-state index contributed by atoms with van der Waals surface area (Å²) in [5.74, 6) is -4.43. The average molecular weight is 916 g/mol. The molecule has 0 aliphatic carbocycles. The van der Waals surface area contributed by atoms with Gasteiger partial charge < -0.3 is 48.9 Å². The SMILES string of the molecule is CO[C@H]1[C@@H](O[Si](C)(C)C(C)(C)C)[C@H](n2ccc(=O)[nH]c2=O)O[C@@H]1[C@H](O[C@H]1O[C@](C(=O)N[C@H]2CCCCNC2=O)(c2ccc(C)cc2)[C@@H]2C(=O)O[C@H]1C2O[Si](C)(C)C(C)(C)C)C(N)=O. The van der Waals surface area contributed by atoms with Gasteiger partial charge in [0.15, 0.2) is 47.0 Å². The summed E-state index contributed by atoms with van der Waals surface area (Å²) in [6, 6.07) is 7.05. The Bertz CT molecular complexity index is 2170. The second-order valence-electron chi connectivity index (χ2n) is 20.1. The number of esters is 1.